The Kier molecular flexibility index (Phi) is 4.39. The van der Waals surface area contributed by atoms with Crippen molar-refractivity contribution in [3.63, 3.8) is 0 Å². The maximum absolute atomic E-state index is 6.03. The van der Waals surface area contributed by atoms with Crippen LogP contribution >= 0.6 is 23.2 Å². The van der Waals surface area contributed by atoms with Gasteiger partial charge in [0.1, 0.15) is 11.5 Å². The summed E-state index contributed by atoms with van der Waals surface area (Å²) in [6.45, 7) is 2.91. The molecule has 2 aromatic rings. The first-order chi connectivity index (χ1) is 10.1. The van der Waals surface area contributed by atoms with Crippen LogP contribution in [0.5, 0.6) is 11.5 Å². The topological polar surface area (TPSA) is 21.3 Å². The molecular formula is C17H17Cl2NO. The molecular weight excluding hydrogens is 305 g/mol. The molecule has 0 bridgehead atoms. The molecule has 3 rings (SSSR count). The number of halogens is 2. The maximum atomic E-state index is 6.03. The Morgan fingerprint density at radius 3 is 2.62 bits per heavy atom. The average molecular weight is 322 g/mol. The van der Waals surface area contributed by atoms with Crippen molar-refractivity contribution in [2.24, 2.45) is 0 Å². The Hall–Kier alpha value is -1.22. The minimum Gasteiger partial charge on any atom is -0.457 e. The minimum absolute atomic E-state index is 0.499. The Bertz CT molecular complexity index is 653. The van der Waals surface area contributed by atoms with Crippen molar-refractivity contribution < 1.29 is 4.74 Å². The smallest absolute Gasteiger partial charge is 0.131 e. The summed E-state index contributed by atoms with van der Waals surface area (Å²) in [6, 6.07) is 12.2. The molecule has 0 radical (unpaired) electrons. The summed E-state index contributed by atoms with van der Waals surface area (Å²) in [6.07, 6.45) is 2.55. The molecule has 2 nitrogen and oxygen atoms in total. The van der Waals surface area contributed by atoms with Gasteiger partial charge in [-0.15, -0.1) is 0 Å². The summed E-state index contributed by atoms with van der Waals surface area (Å²) < 4.78 is 5.97. The molecule has 0 amide bonds. The standard InChI is InChI=1S/C17H17Cl2NO/c1-11-2-7-17(12(8-11)10-20-13-3-4-13)21-14-5-6-15(18)16(19)9-14/h2,5-9,13,20H,3-4,10H2,1H3. The largest absolute Gasteiger partial charge is 0.457 e. The monoisotopic (exact) mass is 321 g/mol. The van der Waals surface area contributed by atoms with Gasteiger partial charge in [-0.3, -0.25) is 0 Å². The summed E-state index contributed by atoms with van der Waals surface area (Å²) >= 11 is 12.0. The summed E-state index contributed by atoms with van der Waals surface area (Å²) in [4.78, 5) is 0. The van der Waals surface area contributed by atoms with E-state index in [2.05, 4.69) is 18.3 Å². The van der Waals surface area contributed by atoms with Crippen molar-refractivity contribution >= 4 is 23.2 Å². The van der Waals surface area contributed by atoms with Crippen molar-refractivity contribution in [1.29, 1.82) is 0 Å². The first kappa shape index (κ1) is 14.7. The van der Waals surface area contributed by atoms with E-state index in [4.69, 9.17) is 27.9 Å². The fourth-order valence-corrected chi connectivity index (χ4v) is 2.44. The molecule has 1 fully saturated rings. The zero-order valence-electron chi connectivity index (χ0n) is 11.8. The van der Waals surface area contributed by atoms with Crippen LogP contribution in [0.4, 0.5) is 0 Å². The van der Waals surface area contributed by atoms with E-state index in [1.165, 1.54) is 18.4 Å². The van der Waals surface area contributed by atoms with Gasteiger partial charge in [-0.1, -0.05) is 40.9 Å². The zero-order chi connectivity index (χ0) is 14.8. The number of nitrogens with one attached hydrogen (secondary N) is 1. The van der Waals surface area contributed by atoms with E-state index >= 15 is 0 Å². The minimum atomic E-state index is 0.499. The lowest BCUT2D eigenvalue weighted by Gasteiger charge is -2.13. The SMILES string of the molecule is Cc1ccc(Oc2ccc(Cl)c(Cl)c2)c(CNC2CC2)c1. The van der Waals surface area contributed by atoms with Gasteiger partial charge < -0.3 is 10.1 Å². The second-order valence-corrected chi connectivity index (χ2v) is 6.26. The van der Waals surface area contributed by atoms with Crippen molar-refractivity contribution in [2.75, 3.05) is 0 Å². The van der Waals surface area contributed by atoms with E-state index in [0.29, 0.717) is 21.8 Å². The molecule has 1 aliphatic rings. The van der Waals surface area contributed by atoms with Crippen molar-refractivity contribution in [2.45, 2.75) is 32.4 Å². The van der Waals surface area contributed by atoms with Gasteiger partial charge in [0, 0.05) is 24.2 Å². The molecule has 0 spiro atoms. The highest BCUT2D eigenvalue weighted by Crippen LogP contribution is 2.31. The lowest BCUT2D eigenvalue weighted by atomic mass is 10.1. The van der Waals surface area contributed by atoms with Crippen LogP contribution < -0.4 is 10.1 Å². The summed E-state index contributed by atoms with van der Waals surface area (Å²) in [7, 11) is 0. The van der Waals surface area contributed by atoms with Gasteiger partial charge in [0.05, 0.1) is 10.0 Å². The van der Waals surface area contributed by atoms with Crippen LogP contribution in [0, 0.1) is 6.92 Å². The molecule has 2 aromatic carbocycles. The first-order valence-corrected chi connectivity index (χ1v) is 7.83. The molecule has 1 aliphatic carbocycles. The second-order valence-electron chi connectivity index (χ2n) is 5.44. The zero-order valence-corrected chi connectivity index (χ0v) is 13.3. The number of hydrogen-bond donors (Lipinski definition) is 1. The summed E-state index contributed by atoms with van der Waals surface area (Å²) in [5.74, 6) is 1.55. The van der Waals surface area contributed by atoms with E-state index in [1.807, 2.05) is 18.2 Å². The van der Waals surface area contributed by atoms with E-state index in [9.17, 15) is 0 Å². The molecule has 1 N–H and O–H groups in total. The van der Waals surface area contributed by atoms with Gasteiger partial charge in [0.2, 0.25) is 0 Å². The van der Waals surface area contributed by atoms with Crippen LogP contribution in [-0.4, -0.2) is 6.04 Å². The van der Waals surface area contributed by atoms with Gasteiger partial charge in [0.15, 0.2) is 0 Å². The molecule has 110 valence electrons. The molecule has 0 saturated heterocycles. The molecule has 0 unspecified atom stereocenters. The van der Waals surface area contributed by atoms with Gasteiger partial charge in [0.25, 0.3) is 0 Å². The predicted octanol–water partition coefficient (Wildman–Crippen LogP) is 5.35. The maximum Gasteiger partial charge on any atom is 0.131 e. The fraction of sp³-hybridized carbons (Fsp3) is 0.294. The number of benzene rings is 2. The van der Waals surface area contributed by atoms with Gasteiger partial charge >= 0.3 is 0 Å². The summed E-state index contributed by atoms with van der Waals surface area (Å²) in [5.41, 5.74) is 2.39. The van der Waals surface area contributed by atoms with Crippen molar-refractivity contribution in [3.05, 3.63) is 57.6 Å². The van der Waals surface area contributed by atoms with Crippen LogP contribution in [0.3, 0.4) is 0 Å². The highest BCUT2D eigenvalue weighted by Gasteiger charge is 2.20. The lowest BCUT2D eigenvalue weighted by molar-refractivity contribution is 0.472. The summed E-state index contributed by atoms with van der Waals surface area (Å²) in [5, 5.41) is 4.55. The predicted molar refractivity (Wildman–Crippen MR) is 87.6 cm³/mol. The quantitative estimate of drug-likeness (QED) is 0.801. The highest BCUT2D eigenvalue weighted by atomic mass is 35.5. The number of rotatable bonds is 5. The Morgan fingerprint density at radius 1 is 1.10 bits per heavy atom. The number of ether oxygens (including phenoxy) is 1. The van der Waals surface area contributed by atoms with E-state index in [0.717, 1.165) is 17.9 Å². The molecule has 4 heteroatoms. The highest BCUT2D eigenvalue weighted by molar-refractivity contribution is 6.42. The Morgan fingerprint density at radius 2 is 1.90 bits per heavy atom. The molecule has 1 saturated carbocycles. The van der Waals surface area contributed by atoms with E-state index < -0.39 is 0 Å². The second kappa shape index (κ2) is 6.27. The van der Waals surface area contributed by atoms with Crippen LogP contribution in [0.15, 0.2) is 36.4 Å². The molecule has 0 heterocycles. The average Bonchev–Trinajstić information content (AvgIpc) is 3.27. The lowest BCUT2D eigenvalue weighted by Crippen LogP contribution is -2.15. The van der Waals surface area contributed by atoms with Crippen molar-refractivity contribution in [1.82, 2.24) is 5.32 Å². The molecule has 0 aromatic heterocycles. The van der Waals surface area contributed by atoms with Gasteiger partial charge in [-0.25, -0.2) is 0 Å². The van der Waals surface area contributed by atoms with E-state index in [-0.39, 0.29) is 0 Å². The van der Waals surface area contributed by atoms with Crippen LogP contribution in [0.2, 0.25) is 10.0 Å². The number of aryl methyl sites for hydroxylation is 1. The Labute approximate surface area is 135 Å². The van der Waals surface area contributed by atoms with E-state index in [1.54, 1.807) is 12.1 Å². The number of hydrogen-bond acceptors (Lipinski definition) is 2. The molecule has 0 atom stereocenters. The van der Waals surface area contributed by atoms with Gasteiger partial charge in [-0.05, 0) is 38.0 Å². The third-order valence-corrected chi connectivity index (χ3v) is 4.23. The van der Waals surface area contributed by atoms with Crippen LogP contribution in [0.1, 0.15) is 24.0 Å². The molecule has 21 heavy (non-hydrogen) atoms. The van der Waals surface area contributed by atoms with Crippen LogP contribution in [-0.2, 0) is 6.54 Å². The normalized spacial score (nSPS) is 14.2. The van der Waals surface area contributed by atoms with Crippen LogP contribution in [0.25, 0.3) is 0 Å². The Balaban J connectivity index is 1.80. The van der Waals surface area contributed by atoms with Crippen molar-refractivity contribution in [3.8, 4) is 11.5 Å². The third-order valence-electron chi connectivity index (χ3n) is 3.49. The fourth-order valence-electron chi connectivity index (χ4n) is 2.16. The van der Waals surface area contributed by atoms with Gasteiger partial charge in [-0.2, -0.15) is 0 Å². The first-order valence-electron chi connectivity index (χ1n) is 7.07. The third kappa shape index (κ3) is 3.91. The molecule has 0 aliphatic heterocycles.